The fourth-order valence-corrected chi connectivity index (χ4v) is 2.63. The van der Waals surface area contributed by atoms with Crippen LogP contribution in [0.3, 0.4) is 0 Å². The maximum atomic E-state index is 12.0. The molecule has 0 unspecified atom stereocenters. The number of carboxylic acids is 1. The third-order valence-corrected chi connectivity index (χ3v) is 3.93. The molecule has 0 heterocycles. The standard InChI is InChI=1S/C14H23NO3/c16-12(17)4-2-1-3-9-15-14(18)13(10-5-6-10)11-7-8-11/h10-11,13H,1-9H2,(H,15,18)(H,16,17). The monoisotopic (exact) mass is 253 g/mol. The summed E-state index contributed by atoms with van der Waals surface area (Å²) >= 11 is 0. The summed E-state index contributed by atoms with van der Waals surface area (Å²) in [6.45, 7) is 0.703. The van der Waals surface area contributed by atoms with Gasteiger partial charge in [0.25, 0.3) is 0 Å². The molecule has 2 aliphatic carbocycles. The van der Waals surface area contributed by atoms with Gasteiger partial charge < -0.3 is 10.4 Å². The summed E-state index contributed by atoms with van der Waals surface area (Å²) < 4.78 is 0. The van der Waals surface area contributed by atoms with Crippen LogP contribution in [0.15, 0.2) is 0 Å². The van der Waals surface area contributed by atoms with Crippen LogP contribution >= 0.6 is 0 Å². The van der Waals surface area contributed by atoms with Crippen molar-refractivity contribution < 1.29 is 14.7 Å². The van der Waals surface area contributed by atoms with E-state index in [1.54, 1.807) is 0 Å². The third-order valence-electron chi connectivity index (χ3n) is 3.93. The summed E-state index contributed by atoms with van der Waals surface area (Å²) in [5.74, 6) is 1.11. The number of hydrogen-bond acceptors (Lipinski definition) is 2. The summed E-state index contributed by atoms with van der Waals surface area (Å²) in [6, 6.07) is 0. The van der Waals surface area contributed by atoms with E-state index in [0.717, 1.165) is 12.8 Å². The second-order valence-electron chi connectivity index (χ2n) is 5.70. The molecule has 0 aliphatic heterocycles. The van der Waals surface area contributed by atoms with Gasteiger partial charge in [0, 0.05) is 18.9 Å². The molecule has 2 aliphatic rings. The highest BCUT2D eigenvalue weighted by Gasteiger charge is 2.45. The zero-order chi connectivity index (χ0) is 13.0. The van der Waals surface area contributed by atoms with Crippen molar-refractivity contribution in [1.82, 2.24) is 5.32 Å². The molecule has 4 nitrogen and oxygen atoms in total. The predicted molar refractivity (Wildman–Crippen MR) is 68.1 cm³/mol. The van der Waals surface area contributed by atoms with Crippen molar-refractivity contribution in [2.45, 2.75) is 51.4 Å². The van der Waals surface area contributed by atoms with Crippen LogP contribution in [0.5, 0.6) is 0 Å². The van der Waals surface area contributed by atoms with E-state index in [1.165, 1.54) is 25.7 Å². The first-order valence-corrected chi connectivity index (χ1v) is 7.18. The van der Waals surface area contributed by atoms with Crippen LogP contribution in [-0.4, -0.2) is 23.5 Å². The second kappa shape index (κ2) is 6.21. The minimum atomic E-state index is -0.735. The normalized spacial score (nSPS) is 18.9. The molecule has 0 spiro atoms. The average Bonchev–Trinajstić information content (AvgIpc) is 3.16. The molecular formula is C14H23NO3. The Balaban J connectivity index is 1.55. The molecule has 2 N–H and O–H groups in total. The number of aliphatic carboxylic acids is 1. The molecule has 0 atom stereocenters. The number of carboxylic acid groups (broad SMARTS) is 1. The predicted octanol–water partition coefficient (Wildman–Crippen LogP) is 2.18. The van der Waals surface area contributed by atoms with Gasteiger partial charge in [0.2, 0.25) is 5.91 Å². The lowest BCUT2D eigenvalue weighted by Crippen LogP contribution is -2.33. The van der Waals surface area contributed by atoms with Crippen molar-refractivity contribution in [3.05, 3.63) is 0 Å². The second-order valence-corrected chi connectivity index (χ2v) is 5.70. The van der Waals surface area contributed by atoms with Crippen LogP contribution in [0.4, 0.5) is 0 Å². The molecule has 2 rings (SSSR count). The lowest BCUT2D eigenvalue weighted by atomic mass is 9.97. The van der Waals surface area contributed by atoms with E-state index < -0.39 is 5.97 Å². The van der Waals surface area contributed by atoms with Crippen molar-refractivity contribution >= 4 is 11.9 Å². The number of carbonyl (C=O) groups excluding carboxylic acids is 1. The van der Waals surface area contributed by atoms with Crippen molar-refractivity contribution in [3.8, 4) is 0 Å². The Morgan fingerprint density at radius 3 is 2.17 bits per heavy atom. The highest BCUT2D eigenvalue weighted by molar-refractivity contribution is 5.80. The molecular weight excluding hydrogens is 230 g/mol. The lowest BCUT2D eigenvalue weighted by molar-refractivity contribution is -0.137. The van der Waals surface area contributed by atoms with Crippen molar-refractivity contribution in [2.24, 2.45) is 17.8 Å². The molecule has 102 valence electrons. The smallest absolute Gasteiger partial charge is 0.303 e. The van der Waals surface area contributed by atoms with Crippen molar-refractivity contribution in [1.29, 1.82) is 0 Å². The van der Waals surface area contributed by atoms with E-state index in [1.807, 2.05) is 0 Å². The first-order chi connectivity index (χ1) is 8.68. The van der Waals surface area contributed by atoms with Gasteiger partial charge in [-0.25, -0.2) is 0 Å². The van der Waals surface area contributed by atoms with E-state index in [-0.39, 0.29) is 18.2 Å². The zero-order valence-corrected chi connectivity index (χ0v) is 10.9. The minimum Gasteiger partial charge on any atom is -0.481 e. The van der Waals surface area contributed by atoms with E-state index >= 15 is 0 Å². The quantitative estimate of drug-likeness (QED) is 0.619. The molecule has 0 bridgehead atoms. The fraction of sp³-hybridized carbons (Fsp3) is 0.857. The third kappa shape index (κ3) is 4.31. The highest BCUT2D eigenvalue weighted by Crippen LogP contribution is 2.49. The summed E-state index contributed by atoms with van der Waals surface area (Å²) in [4.78, 5) is 22.4. The van der Waals surface area contributed by atoms with Crippen LogP contribution < -0.4 is 5.32 Å². The Bertz CT molecular complexity index is 296. The van der Waals surface area contributed by atoms with Gasteiger partial charge in [-0.05, 0) is 50.4 Å². The van der Waals surface area contributed by atoms with Gasteiger partial charge in [-0.3, -0.25) is 9.59 Å². The molecule has 2 saturated carbocycles. The van der Waals surface area contributed by atoms with Gasteiger partial charge in [0.05, 0.1) is 0 Å². The SMILES string of the molecule is O=C(O)CCCCCNC(=O)C(C1CC1)C1CC1. The summed E-state index contributed by atoms with van der Waals surface area (Å²) in [6.07, 6.45) is 7.63. The van der Waals surface area contributed by atoms with Gasteiger partial charge in [0.1, 0.15) is 0 Å². The minimum absolute atomic E-state index is 0.237. The lowest BCUT2D eigenvalue weighted by Gasteiger charge is -2.15. The highest BCUT2D eigenvalue weighted by atomic mass is 16.4. The topological polar surface area (TPSA) is 66.4 Å². The van der Waals surface area contributed by atoms with E-state index in [4.69, 9.17) is 5.11 Å². The van der Waals surface area contributed by atoms with Gasteiger partial charge in [0.15, 0.2) is 0 Å². The maximum Gasteiger partial charge on any atom is 0.303 e. The van der Waals surface area contributed by atoms with E-state index in [9.17, 15) is 9.59 Å². The number of rotatable bonds is 9. The molecule has 18 heavy (non-hydrogen) atoms. The first-order valence-electron chi connectivity index (χ1n) is 7.18. The fourth-order valence-electron chi connectivity index (χ4n) is 2.63. The molecule has 0 aromatic carbocycles. The van der Waals surface area contributed by atoms with Crippen LogP contribution in [0.1, 0.15) is 51.4 Å². The largest absolute Gasteiger partial charge is 0.481 e. The van der Waals surface area contributed by atoms with Crippen molar-refractivity contribution in [3.63, 3.8) is 0 Å². The Hall–Kier alpha value is -1.06. The Morgan fingerprint density at radius 1 is 1.06 bits per heavy atom. The molecule has 1 amide bonds. The van der Waals surface area contributed by atoms with Crippen LogP contribution in [-0.2, 0) is 9.59 Å². The maximum absolute atomic E-state index is 12.0. The summed E-state index contributed by atoms with van der Waals surface area (Å²) in [5.41, 5.74) is 0. The molecule has 0 aromatic rings. The Kier molecular flexibility index (Phi) is 4.61. The van der Waals surface area contributed by atoms with Gasteiger partial charge in [-0.2, -0.15) is 0 Å². The molecule has 0 radical (unpaired) electrons. The zero-order valence-electron chi connectivity index (χ0n) is 10.9. The number of hydrogen-bond donors (Lipinski definition) is 2. The molecule has 2 fully saturated rings. The average molecular weight is 253 g/mol. The van der Waals surface area contributed by atoms with Crippen LogP contribution in [0.25, 0.3) is 0 Å². The van der Waals surface area contributed by atoms with Crippen molar-refractivity contribution in [2.75, 3.05) is 6.54 Å². The summed E-state index contributed by atoms with van der Waals surface area (Å²) in [7, 11) is 0. The number of nitrogens with one attached hydrogen (secondary N) is 1. The first kappa shape index (κ1) is 13.4. The summed E-state index contributed by atoms with van der Waals surface area (Å²) in [5, 5.41) is 11.5. The molecule has 0 aromatic heterocycles. The van der Waals surface area contributed by atoms with Gasteiger partial charge in [-0.15, -0.1) is 0 Å². The number of amides is 1. The number of unbranched alkanes of at least 4 members (excludes halogenated alkanes) is 2. The Labute approximate surface area is 108 Å². The van der Waals surface area contributed by atoms with Gasteiger partial charge >= 0.3 is 5.97 Å². The van der Waals surface area contributed by atoms with E-state index in [0.29, 0.717) is 24.8 Å². The Morgan fingerprint density at radius 2 is 1.67 bits per heavy atom. The molecule has 0 saturated heterocycles. The van der Waals surface area contributed by atoms with Crippen LogP contribution in [0, 0.1) is 17.8 Å². The van der Waals surface area contributed by atoms with Crippen LogP contribution in [0.2, 0.25) is 0 Å². The number of carbonyl (C=O) groups is 2. The van der Waals surface area contributed by atoms with E-state index in [2.05, 4.69) is 5.32 Å². The van der Waals surface area contributed by atoms with Gasteiger partial charge in [-0.1, -0.05) is 6.42 Å². The molecule has 4 heteroatoms.